The van der Waals surface area contributed by atoms with Crippen LogP contribution in [0.3, 0.4) is 0 Å². The fourth-order valence-electron chi connectivity index (χ4n) is 11.5. The summed E-state index contributed by atoms with van der Waals surface area (Å²) in [7, 11) is -1.61. The normalized spacial score (nSPS) is 20.3. The van der Waals surface area contributed by atoms with Gasteiger partial charge in [0, 0.05) is 22.7 Å². The number of hydrogen-bond donors (Lipinski definition) is 0. The van der Waals surface area contributed by atoms with Crippen molar-refractivity contribution in [2.24, 2.45) is 0 Å². The molecule has 4 heteroatoms. The summed E-state index contributed by atoms with van der Waals surface area (Å²) in [6.45, 7) is 20.1. The molecule has 1 unspecified atom stereocenters. The third kappa shape index (κ3) is 5.04. The van der Waals surface area contributed by atoms with Crippen molar-refractivity contribution in [2.45, 2.75) is 129 Å². The monoisotopic (exact) mass is 724 g/mol. The molecule has 0 spiro atoms. The molecule has 2 nitrogen and oxygen atoms in total. The van der Waals surface area contributed by atoms with Crippen LogP contribution in [0, 0.1) is 6.92 Å². The summed E-state index contributed by atoms with van der Waals surface area (Å²) in [4.78, 5) is 5.60. The average Bonchev–Trinajstić information content (AvgIpc) is 3.15. The van der Waals surface area contributed by atoms with Gasteiger partial charge < -0.3 is 9.80 Å². The highest BCUT2D eigenvalue weighted by Gasteiger charge is 2.48. The van der Waals surface area contributed by atoms with Crippen LogP contribution in [0.5, 0.6) is 0 Å². The number of hydrogen-bond acceptors (Lipinski definition) is 2. The Morgan fingerprint density at radius 1 is 0.648 bits per heavy atom. The molecular formula is C50H57BN2Si. The van der Waals surface area contributed by atoms with Crippen molar-refractivity contribution in [3.05, 3.63) is 124 Å². The molecule has 5 aliphatic rings. The molecule has 2 heterocycles. The Kier molecular flexibility index (Phi) is 7.65. The third-order valence-corrected chi connectivity index (χ3v) is 16.4. The van der Waals surface area contributed by atoms with Gasteiger partial charge >= 0.3 is 0 Å². The Morgan fingerprint density at radius 2 is 1.39 bits per heavy atom. The molecule has 5 aromatic carbocycles. The molecule has 2 aliphatic heterocycles. The van der Waals surface area contributed by atoms with Crippen molar-refractivity contribution in [1.82, 2.24) is 0 Å². The summed E-state index contributed by atoms with van der Waals surface area (Å²) in [6.07, 6.45) is 10.9. The lowest BCUT2D eigenvalue weighted by atomic mass is 9.32. The van der Waals surface area contributed by atoms with Gasteiger partial charge in [-0.2, -0.15) is 0 Å². The molecular weight excluding hydrogens is 667 g/mol. The molecule has 0 aromatic heterocycles. The summed E-state index contributed by atoms with van der Waals surface area (Å²) in [6, 6.07) is 34.8. The molecule has 3 aliphatic carbocycles. The number of fused-ring (bicyclic) bond motifs is 8. The zero-order chi connectivity index (χ0) is 37.3. The fraction of sp³-hybridized carbons (Fsp3) is 0.400. The highest BCUT2D eigenvalue weighted by Crippen LogP contribution is 2.54. The van der Waals surface area contributed by atoms with Crippen LogP contribution in [0.2, 0.25) is 19.6 Å². The van der Waals surface area contributed by atoms with E-state index < -0.39 is 8.07 Å². The minimum absolute atomic E-state index is 0.0766. The highest BCUT2D eigenvalue weighted by molar-refractivity contribution is 7.01. The Labute approximate surface area is 326 Å². The van der Waals surface area contributed by atoms with Crippen LogP contribution in [0.4, 0.5) is 28.4 Å². The van der Waals surface area contributed by atoms with E-state index in [1.807, 2.05) is 0 Å². The maximum absolute atomic E-state index is 2.83. The van der Waals surface area contributed by atoms with Crippen LogP contribution < -0.4 is 31.4 Å². The summed E-state index contributed by atoms with van der Waals surface area (Å²) in [5.41, 5.74) is 22.6. The first-order chi connectivity index (χ1) is 25.8. The predicted octanol–water partition coefficient (Wildman–Crippen LogP) is 10.6. The first kappa shape index (κ1) is 34.5. The van der Waals surface area contributed by atoms with Gasteiger partial charge in [-0.1, -0.05) is 107 Å². The van der Waals surface area contributed by atoms with Gasteiger partial charge in [-0.3, -0.25) is 0 Å². The largest absolute Gasteiger partial charge is 0.335 e. The molecule has 0 radical (unpaired) electrons. The first-order valence-corrected chi connectivity index (χ1v) is 24.6. The van der Waals surface area contributed by atoms with Crippen molar-refractivity contribution in [3.63, 3.8) is 0 Å². The second-order valence-electron chi connectivity index (χ2n) is 19.8. The minimum atomic E-state index is -1.61. The van der Waals surface area contributed by atoms with Gasteiger partial charge in [-0.05, 0) is 161 Å². The third-order valence-electron chi connectivity index (χ3n) is 14.3. The highest BCUT2D eigenvalue weighted by atomic mass is 28.3. The Morgan fingerprint density at radius 3 is 2.22 bits per heavy atom. The van der Waals surface area contributed by atoms with Gasteiger partial charge in [0.05, 0.1) is 19.8 Å². The van der Waals surface area contributed by atoms with Crippen molar-refractivity contribution in [1.29, 1.82) is 0 Å². The van der Waals surface area contributed by atoms with Crippen LogP contribution in [-0.2, 0) is 30.1 Å². The minimum Gasteiger partial charge on any atom is -0.335 e. The van der Waals surface area contributed by atoms with Gasteiger partial charge in [-0.25, -0.2) is 0 Å². The number of nitrogens with zero attached hydrogens (tertiary/aromatic N) is 2. The molecule has 54 heavy (non-hydrogen) atoms. The quantitative estimate of drug-likeness (QED) is 0.168. The van der Waals surface area contributed by atoms with Crippen LogP contribution in [-0.4, -0.2) is 14.8 Å². The zero-order valence-corrected chi connectivity index (χ0v) is 35.0. The van der Waals surface area contributed by atoms with Crippen molar-refractivity contribution in [2.75, 3.05) is 9.80 Å². The van der Waals surface area contributed by atoms with Crippen LogP contribution in [0.15, 0.2) is 84.9 Å². The molecule has 0 saturated carbocycles. The second kappa shape index (κ2) is 12.0. The summed E-state index contributed by atoms with van der Waals surface area (Å²) < 4.78 is 0. The molecule has 0 amide bonds. The van der Waals surface area contributed by atoms with Crippen molar-refractivity contribution in [3.8, 4) is 0 Å². The van der Waals surface area contributed by atoms with E-state index in [1.165, 1.54) is 119 Å². The van der Waals surface area contributed by atoms with Crippen molar-refractivity contribution >= 4 is 64.8 Å². The molecule has 0 N–H and O–H groups in total. The van der Waals surface area contributed by atoms with E-state index in [0.717, 1.165) is 0 Å². The number of aryl methyl sites for hydroxylation is 3. The molecule has 0 fully saturated rings. The van der Waals surface area contributed by atoms with Gasteiger partial charge in [0.15, 0.2) is 0 Å². The average molecular weight is 725 g/mol. The van der Waals surface area contributed by atoms with Gasteiger partial charge in [-0.15, -0.1) is 0 Å². The number of anilines is 5. The standard InChI is InChI=1S/C50H57BN2Si/c1-32-29-44-48-45(30-32)53(42-22-14-20-38-46(42)50(4,5)28-27-49(38,2)3)43-25-23-34-16-10-12-19-37(34)47(43)51(48)39-31-35(54(6,7)8)24-26-41(39)52(44)40-21-13-17-33-15-9-11-18-36(33)40/h9,11,14-15,18,20,22-26,29-31,40H,10,12-13,16-17,19,21,27-28H2,1-8H3. The molecule has 0 bridgehead atoms. The van der Waals surface area contributed by atoms with E-state index >= 15 is 0 Å². The molecule has 0 saturated heterocycles. The van der Waals surface area contributed by atoms with Crippen LogP contribution in [0.25, 0.3) is 0 Å². The van der Waals surface area contributed by atoms with Gasteiger partial charge in [0.25, 0.3) is 6.71 Å². The molecule has 5 aromatic rings. The Balaban J connectivity index is 1.33. The second-order valence-corrected chi connectivity index (χ2v) is 24.9. The lowest BCUT2D eigenvalue weighted by Crippen LogP contribution is -2.64. The van der Waals surface area contributed by atoms with Crippen LogP contribution in [0.1, 0.15) is 111 Å². The Hall–Kier alpha value is -4.02. The zero-order valence-electron chi connectivity index (χ0n) is 34.0. The van der Waals surface area contributed by atoms with E-state index in [-0.39, 0.29) is 17.5 Å². The SMILES string of the molecule is Cc1cc2c3c(c1)N(C1CCCc4ccccc41)c1ccc([Si](C)(C)C)cc1B3c1c(ccc3c1CCCC3)N2c1cccc2c1C(C)(C)CCC2(C)C. The molecule has 274 valence electrons. The van der Waals surface area contributed by atoms with Crippen LogP contribution >= 0.6 is 0 Å². The van der Waals surface area contributed by atoms with Gasteiger partial charge in [0.1, 0.15) is 0 Å². The Bertz CT molecular complexity index is 2360. The number of benzene rings is 5. The van der Waals surface area contributed by atoms with E-state index in [9.17, 15) is 0 Å². The predicted molar refractivity (Wildman–Crippen MR) is 236 cm³/mol. The summed E-state index contributed by atoms with van der Waals surface area (Å²) in [5, 5.41) is 1.57. The van der Waals surface area contributed by atoms with Crippen molar-refractivity contribution < 1.29 is 0 Å². The van der Waals surface area contributed by atoms with E-state index in [1.54, 1.807) is 27.3 Å². The molecule has 1 atom stereocenters. The smallest absolute Gasteiger partial charge is 0.252 e. The topological polar surface area (TPSA) is 6.48 Å². The molecule has 10 rings (SSSR count). The first-order valence-electron chi connectivity index (χ1n) is 21.1. The summed E-state index contributed by atoms with van der Waals surface area (Å²) >= 11 is 0. The fourth-order valence-corrected chi connectivity index (χ4v) is 12.6. The number of rotatable bonds is 3. The maximum atomic E-state index is 2.83. The maximum Gasteiger partial charge on any atom is 0.252 e. The van der Waals surface area contributed by atoms with E-state index in [0.29, 0.717) is 6.04 Å². The van der Waals surface area contributed by atoms with E-state index in [4.69, 9.17) is 0 Å². The van der Waals surface area contributed by atoms with Gasteiger partial charge in [0.2, 0.25) is 0 Å². The lowest BCUT2D eigenvalue weighted by molar-refractivity contribution is 0.332. The van der Waals surface area contributed by atoms with E-state index in [2.05, 4.69) is 149 Å². The summed E-state index contributed by atoms with van der Waals surface area (Å²) in [5.74, 6) is 0. The lowest BCUT2D eigenvalue weighted by Gasteiger charge is -2.50.